The van der Waals surface area contributed by atoms with E-state index in [-0.39, 0.29) is 0 Å². The summed E-state index contributed by atoms with van der Waals surface area (Å²) in [5.41, 5.74) is 2.39. The number of hydrogen-bond acceptors (Lipinski definition) is 8. The van der Waals surface area contributed by atoms with Crippen molar-refractivity contribution in [3.8, 4) is 0 Å². The first-order valence-corrected chi connectivity index (χ1v) is 11.4. The van der Waals surface area contributed by atoms with Gasteiger partial charge in [0.15, 0.2) is 0 Å². The molecular formula is C26H38O8. The summed E-state index contributed by atoms with van der Waals surface area (Å²) in [5, 5.41) is 17.9. The highest BCUT2D eigenvalue weighted by Crippen LogP contribution is 2.24. The van der Waals surface area contributed by atoms with Gasteiger partial charge in [-0.25, -0.2) is 9.78 Å². The second kappa shape index (κ2) is 14.5. The van der Waals surface area contributed by atoms with Crippen LogP contribution in [0.1, 0.15) is 49.9 Å². The van der Waals surface area contributed by atoms with E-state index in [0.29, 0.717) is 52.9 Å². The number of benzene rings is 2. The lowest BCUT2D eigenvalue weighted by Crippen LogP contribution is -2.19. The van der Waals surface area contributed by atoms with Crippen LogP contribution in [-0.2, 0) is 53.1 Å². The number of hydrogen-bond donors (Lipinski definition) is 2. The second-order valence-electron chi connectivity index (χ2n) is 8.93. The van der Waals surface area contributed by atoms with Crippen LogP contribution in [0.25, 0.3) is 0 Å². The fourth-order valence-electron chi connectivity index (χ4n) is 3.05. The molecule has 0 radical (unpaired) electrons. The zero-order chi connectivity index (χ0) is 24.9. The van der Waals surface area contributed by atoms with Crippen molar-refractivity contribution in [2.45, 2.75) is 52.1 Å². The predicted molar refractivity (Wildman–Crippen MR) is 127 cm³/mol. The molecule has 8 heteroatoms. The Labute approximate surface area is 202 Å². The highest BCUT2D eigenvalue weighted by atomic mass is 17.1. The molecule has 0 heterocycles. The summed E-state index contributed by atoms with van der Waals surface area (Å²) in [7, 11) is 0. The Morgan fingerprint density at radius 3 is 1.09 bits per heavy atom. The molecule has 0 aromatic heterocycles. The average Bonchev–Trinajstić information content (AvgIpc) is 2.85. The van der Waals surface area contributed by atoms with Crippen molar-refractivity contribution in [1.29, 1.82) is 0 Å². The summed E-state index contributed by atoms with van der Waals surface area (Å²) in [6.45, 7) is 11.2. The lowest BCUT2D eigenvalue weighted by Gasteiger charge is -2.21. The zero-order valence-corrected chi connectivity index (χ0v) is 20.6. The molecule has 190 valence electrons. The van der Waals surface area contributed by atoms with E-state index in [0.717, 1.165) is 22.3 Å². The Balaban J connectivity index is 1.44. The van der Waals surface area contributed by atoms with Gasteiger partial charge in [0, 0.05) is 0 Å². The van der Waals surface area contributed by atoms with E-state index in [1.54, 1.807) is 27.7 Å². The molecule has 0 spiro atoms. The van der Waals surface area contributed by atoms with Crippen LogP contribution in [0.3, 0.4) is 0 Å². The van der Waals surface area contributed by atoms with Crippen molar-refractivity contribution in [2.24, 2.45) is 0 Å². The Hall–Kier alpha value is -1.88. The normalized spacial score (nSPS) is 12.3. The van der Waals surface area contributed by atoms with Crippen LogP contribution in [0.2, 0.25) is 0 Å². The van der Waals surface area contributed by atoms with E-state index < -0.39 is 11.2 Å². The molecule has 0 aliphatic rings. The van der Waals surface area contributed by atoms with E-state index in [2.05, 4.69) is 9.78 Å². The molecule has 2 rings (SSSR count). The fourth-order valence-corrected chi connectivity index (χ4v) is 3.05. The molecule has 0 saturated carbocycles. The van der Waals surface area contributed by atoms with E-state index in [1.807, 2.05) is 48.5 Å². The summed E-state index contributed by atoms with van der Waals surface area (Å²) in [5.74, 6) is 0. The van der Waals surface area contributed by atoms with Gasteiger partial charge in [-0.2, -0.15) is 0 Å². The average molecular weight is 479 g/mol. The van der Waals surface area contributed by atoms with Gasteiger partial charge in [-0.1, -0.05) is 48.5 Å². The molecule has 0 amide bonds. The third kappa shape index (κ3) is 9.77. The summed E-state index contributed by atoms with van der Waals surface area (Å²) in [6.07, 6.45) is 0. The third-order valence-electron chi connectivity index (χ3n) is 5.41. The maximum atomic E-state index is 8.95. The second-order valence-corrected chi connectivity index (χ2v) is 8.93. The van der Waals surface area contributed by atoms with Gasteiger partial charge in [-0.3, -0.25) is 10.5 Å². The van der Waals surface area contributed by atoms with Crippen LogP contribution in [-0.4, -0.2) is 50.2 Å². The van der Waals surface area contributed by atoms with E-state index in [4.69, 9.17) is 29.5 Å². The van der Waals surface area contributed by atoms with Crippen molar-refractivity contribution >= 4 is 0 Å². The molecule has 0 saturated heterocycles. The van der Waals surface area contributed by atoms with Crippen molar-refractivity contribution in [3.05, 3.63) is 70.8 Å². The highest BCUT2D eigenvalue weighted by molar-refractivity contribution is 5.26. The molecule has 0 fully saturated rings. The summed E-state index contributed by atoms with van der Waals surface area (Å²) >= 11 is 0. The first-order chi connectivity index (χ1) is 16.3. The summed E-state index contributed by atoms with van der Waals surface area (Å²) in [6, 6.07) is 15.5. The molecule has 0 bridgehead atoms. The van der Waals surface area contributed by atoms with E-state index >= 15 is 0 Å². The van der Waals surface area contributed by atoms with Crippen LogP contribution in [0.15, 0.2) is 48.5 Å². The first kappa shape index (κ1) is 28.4. The van der Waals surface area contributed by atoms with Gasteiger partial charge in [-0.15, -0.1) is 0 Å². The zero-order valence-electron chi connectivity index (χ0n) is 20.6. The molecule has 34 heavy (non-hydrogen) atoms. The Bertz CT molecular complexity index is 733. The Morgan fingerprint density at radius 1 is 0.500 bits per heavy atom. The maximum absolute atomic E-state index is 8.95. The van der Waals surface area contributed by atoms with E-state index in [1.165, 1.54) is 0 Å². The SMILES string of the molecule is CC(C)(OO)c1ccc(COCCOCCOCCOCc2ccc(C(C)(C)OO)cc2)cc1. The van der Waals surface area contributed by atoms with E-state index in [9.17, 15) is 0 Å². The van der Waals surface area contributed by atoms with Crippen LogP contribution in [0.4, 0.5) is 0 Å². The Kier molecular flexibility index (Phi) is 12.1. The van der Waals surface area contributed by atoms with Crippen molar-refractivity contribution in [1.82, 2.24) is 0 Å². The van der Waals surface area contributed by atoms with Gasteiger partial charge < -0.3 is 18.9 Å². The molecule has 2 aromatic carbocycles. The smallest absolute Gasteiger partial charge is 0.123 e. The molecule has 8 nitrogen and oxygen atoms in total. The molecular weight excluding hydrogens is 440 g/mol. The van der Waals surface area contributed by atoms with Gasteiger partial charge in [0.25, 0.3) is 0 Å². The van der Waals surface area contributed by atoms with Crippen LogP contribution in [0, 0.1) is 0 Å². The predicted octanol–water partition coefficient (Wildman–Crippen LogP) is 4.90. The molecule has 2 N–H and O–H groups in total. The van der Waals surface area contributed by atoms with Crippen LogP contribution < -0.4 is 0 Å². The highest BCUT2D eigenvalue weighted by Gasteiger charge is 2.21. The molecule has 0 atom stereocenters. The van der Waals surface area contributed by atoms with Gasteiger partial charge in [-0.05, 0) is 49.9 Å². The summed E-state index contributed by atoms with van der Waals surface area (Å²) < 4.78 is 22.3. The lowest BCUT2D eigenvalue weighted by atomic mass is 9.97. The lowest BCUT2D eigenvalue weighted by molar-refractivity contribution is -0.318. The van der Waals surface area contributed by atoms with Crippen molar-refractivity contribution in [3.63, 3.8) is 0 Å². The molecule has 0 aliphatic carbocycles. The Morgan fingerprint density at radius 2 is 0.794 bits per heavy atom. The largest absolute Gasteiger partial charge is 0.377 e. The van der Waals surface area contributed by atoms with Crippen molar-refractivity contribution in [2.75, 3.05) is 39.6 Å². The number of ether oxygens (including phenoxy) is 4. The molecule has 2 aromatic rings. The minimum Gasteiger partial charge on any atom is -0.377 e. The molecule has 0 unspecified atom stereocenters. The quantitative estimate of drug-likeness (QED) is 0.188. The first-order valence-electron chi connectivity index (χ1n) is 11.4. The molecule has 0 aliphatic heterocycles. The van der Waals surface area contributed by atoms with Gasteiger partial charge in [0.05, 0.1) is 52.9 Å². The topological polar surface area (TPSA) is 95.8 Å². The number of rotatable bonds is 17. The summed E-state index contributed by atoms with van der Waals surface area (Å²) in [4.78, 5) is 8.99. The van der Waals surface area contributed by atoms with Crippen LogP contribution in [0.5, 0.6) is 0 Å². The van der Waals surface area contributed by atoms with Crippen LogP contribution >= 0.6 is 0 Å². The minimum atomic E-state index is -0.734. The van der Waals surface area contributed by atoms with Gasteiger partial charge in [0.2, 0.25) is 0 Å². The standard InChI is InChI=1S/C26H38O8/c1-25(2,33-27)23-9-5-21(6-10-23)19-31-17-15-29-13-14-30-16-18-32-20-22-7-11-24(12-8-22)26(3,4)34-28/h5-12,27-28H,13-20H2,1-4H3. The van der Waals surface area contributed by atoms with Gasteiger partial charge >= 0.3 is 0 Å². The monoisotopic (exact) mass is 478 g/mol. The maximum Gasteiger partial charge on any atom is 0.123 e. The third-order valence-corrected chi connectivity index (χ3v) is 5.41. The van der Waals surface area contributed by atoms with Crippen molar-refractivity contribution < 1.29 is 39.2 Å². The fraction of sp³-hybridized carbons (Fsp3) is 0.538. The minimum absolute atomic E-state index is 0.494. The van der Waals surface area contributed by atoms with Gasteiger partial charge in [0.1, 0.15) is 11.2 Å².